The molecular weight excluding hydrogens is 300 g/mol. The largest absolute Gasteiger partial charge is 0.464 e. The van der Waals surface area contributed by atoms with Gasteiger partial charge < -0.3 is 5.11 Å². The Kier molecular flexibility index (Phi) is 4.55. The first-order valence-corrected chi connectivity index (χ1v) is 5.75. The van der Waals surface area contributed by atoms with Gasteiger partial charge in [-0.05, 0) is 12.1 Å². The van der Waals surface area contributed by atoms with E-state index in [0.29, 0.717) is 4.31 Å². The van der Waals surface area contributed by atoms with E-state index >= 15 is 0 Å². The fourth-order valence-corrected chi connectivity index (χ4v) is 2.14. The lowest BCUT2D eigenvalue weighted by atomic mass is 10.3. The highest BCUT2D eigenvalue weighted by Crippen LogP contribution is 2.42. The fraction of sp³-hybridized carbons (Fsp3) is 0.125. The van der Waals surface area contributed by atoms with Crippen LogP contribution in [0.4, 0.5) is 14.9 Å². The molecule has 1 aromatic rings. The normalized spacial score (nSPS) is 11.2. The van der Waals surface area contributed by atoms with Gasteiger partial charge in [-0.3, -0.25) is 0 Å². The summed E-state index contributed by atoms with van der Waals surface area (Å²) in [6.07, 6.45) is -1.43. The first-order chi connectivity index (χ1) is 7.31. The number of anilines is 1. The second-order valence-corrected chi connectivity index (χ2v) is 5.77. The summed E-state index contributed by atoms with van der Waals surface area (Å²) in [4.78, 5) is 10.9. The molecule has 3 nitrogen and oxygen atoms in total. The van der Waals surface area contributed by atoms with Crippen LogP contribution in [0.1, 0.15) is 0 Å². The predicted octanol–water partition coefficient (Wildman–Crippen LogP) is 4.53. The molecule has 8 heteroatoms. The second-order valence-electron chi connectivity index (χ2n) is 2.57. The van der Waals surface area contributed by atoms with Gasteiger partial charge in [-0.15, -0.1) is 0 Å². The molecule has 0 aliphatic carbocycles. The fourth-order valence-electron chi connectivity index (χ4n) is 0.911. The van der Waals surface area contributed by atoms with Crippen molar-refractivity contribution in [3.8, 4) is 0 Å². The van der Waals surface area contributed by atoms with Crippen LogP contribution in [0.5, 0.6) is 0 Å². The summed E-state index contributed by atoms with van der Waals surface area (Å²) in [5.74, 6) is 0. The van der Waals surface area contributed by atoms with Gasteiger partial charge in [0.15, 0.2) is 0 Å². The van der Waals surface area contributed by atoms with Crippen LogP contribution in [0.15, 0.2) is 24.3 Å². The van der Waals surface area contributed by atoms with Gasteiger partial charge in [-0.2, -0.15) is 4.39 Å². The number of rotatable bonds is 3. The minimum Gasteiger partial charge on any atom is -0.464 e. The maximum Gasteiger partial charge on any atom is 0.422 e. The zero-order valence-electron chi connectivity index (χ0n) is 7.53. The quantitative estimate of drug-likeness (QED) is 0.659. The summed E-state index contributed by atoms with van der Waals surface area (Å²) < 4.78 is 10.8. The van der Waals surface area contributed by atoms with Gasteiger partial charge in [0.1, 0.15) is 0 Å². The van der Waals surface area contributed by atoms with Gasteiger partial charge in [0.2, 0.25) is 0 Å². The number of carboxylic acid groups (broad SMARTS) is 1. The number of halogens is 4. The van der Waals surface area contributed by atoms with E-state index in [1.165, 1.54) is 12.1 Å². The smallest absolute Gasteiger partial charge is 0.422 e. The van der Waals surface area contributed by atoms with Crippen molar-refractivity contribution < 1.29 is 14.3 Å². The third-order valence-corrected chi connectivity index (χ3v) is 2.92. The van der Waals surface area contributed by atoms with Crippen LogP contribution in [0.3, 0.4) is 0 Å². The number of alkyl halides is 3. The van der Waals surface area contributed by atoms with Crippen molar-refractivity contribution in [3.63, 3.8) is 0 Å². The standard InChI is InChI=1S/C8H5Cl3FNO2S/c9-5-3-1-2-4-6(5)13(7(14)15)16-8(10,11)12/h1-4H,(H,14,15). The summed E-state index contributed by atoms with van der Waals surface area (Å²) in [6.45, 7) is 0. The Morgan fingerprint density at radius 2 is 2.00 bits per heavy atom. The van der Waals surface area contributed by atoms with Gasteiger partial charge in [0.25, 0.3) is 0 Å². The average molecular weight is 305 g/mol. The molecule has 0 aliphatic rings. The maximum atomic E-state index is 13.0. The minimum atomic E-state index is -2.75. The second kappa shape index (κ2) is 5.31. The van der Waals surface area contributed by atoms with E-state index < -0.39 is 10.0 Å². The lowest BCUT2D eigenvalue weighted by Gasteiger charge is -2.21. The molecule has 1 aromatic carbocycles. The number of hydrogen-bond acceptors (Lipinski definition) is 2. The van der Waals surface area contributed by atoms with Crippen molar-refractivity contribution in [3.05, 3.63) is 29.3 Å². The molecule has 0 aromatic heterocycles. The SMILES string of the molecule is O=C(O)N(SC(F)(Cl)Cl)c1ccccc1Cl. The number of benzene rings is 1. The van der Waals surface area contributed by atoms with Crippen LogP contribution < -0.4 is 4.31 Å². The Morgan fingerprint density at radius 1 is 1.44 bits per heavy atom. The van der Waals surface area contributed by atoms with E-state index in [9.17, 15) is 9.18 Å². The highest BCUT2D eigenvalue weighted by atomic mass is 35.5. The summed E-state index contributed by atoms with van der Waals surface area (Å²) in [6, 6.07) is 6.04. The molecule has 16 heavy (non-hydrogen) atoms. The minimum absolute atomic E-state index is 0.0880. The molecule has 0 aliphatic heterocycles. The van der Waals surface area contributed by atoms with Crippen LogP contribution in [-0.2, 0) is 0 Å². The van der Waals surface area contributed by atoms with Crippen LogP contribution in [-0.4, -0.2) is 15.1 Å². The van der Waals surface area contributed by atoms with E-state index in [1.807, 2.05) is 0 Å². The third kappa shape index (κ3) is 3.90. The monoisotopic (exact) mass is 303 g/mol. The lowest BCUT2D eigenvalue weighted by Crippen LogP contribution is -2.25. The molecule has 0 heterocycles. The summed E-state index contributed by atoms with van der Waals surface area (Å²) >= 11 is 16.0. The zero-order chi connectivity index (χ0) is 12.3. The van der Waals surface area contributed by atoms with Gasteiger partial charge in [0.05, 0.1) is 10.7 Å². The third-order valence-electron chi connectivity index (χ3n) is 1.44. The Labute approximate surface area is 110 Å². The number of hydrogen-bond donors (Lipinski definition) is 1. The molecule has 1 amide bonds. The van der Waals surface area contributed by atoms with Crippen molar-refractivity contribution in [2.45, 2.75) is 3.92 Å². The molecule has 0 atom stereocenters. The Hall–Kier alpha value is -0.360. The lowest BCUT2D eigenvalue weighted by molar-refractivity contribution is 0.206. The van der Waals surface area contributed by atoms with E-state index in [1.54, 1.807) is 12.1 Å². The van der Waals surface area contributed by atoms with Crippen molar-refractivity contribution in [1.82, 2.24) is 0 Å². The molecule has 0 saturated heterocycles. The van der Waals surface area contributed by atoms with E-state index in [0.717, 1.165) is 0 Å². The zero-order valence-corrected chi connectivity index (χ0v) is 10.6. The number of amides is 1. The van der Waals surface area contributed by atoms with Crippen molar-refractivity contribution >= 4 is 58.5 Å². The van der Waals surface area contributed by atoms with Crippen LogP contribution in [0.25, 0.3) is 0 Å². The van der Waals surface area contributed by atoms with E-state index in [2.05, 4.69) is 0 Å². The molecule has 0 fully saturated rings. The molecule has 1 rings (SSSR count). The summed E-state index contributed by atoms with van der Waals surface area (Å²) in [5.41, 5.74) is 0.0880. The first kappa shape index (κ1) is 13.7. The summed E-state index contributed by atoms with van der Waals surface area (Å²) in [5, 5.41) is 9.03. The molecule has 0 saturated carbocycles. The molecule has 0 unspecified atom stereocenters. The predicted molar refractivity (Wildman–Crippen MR) is 65.1 cm³/mol. The van der Waals surface area contributed by atoms with Gasteiger partial charge in [-0.1, -0.05) is 46.9 Å². The summed E-state index contributed by atoms with van der Waals surface area (Å²) in [7, 11) is 0. The van der Waals surface area contributed by atoms with Crippen LogP contribution in [0.2, 0.25) is 5.02 Å². The van der Waals surface area contributed by atoms with Crippen LogP contribution >= 0.6 is 46.8 Å². The first-order valence-electron chi connectivity index (χ1n) is 3.84. The van der Waals surface area contributed by atoms with Crippen LogP contribution in [0, 0.1) is 0 Å². The average Bonchev–Trinajstić information content (AvgIpc) is 2.13. The van der Waals surface area contributed by atoms with Crippen molar-refractivity contribution in [1.29, 1.82) is 0 Å². The molecular formula is C8H5Cl3FNO2S. The molecule has 1 N–H and O–H groups in total. The van der Waals surface area contributed by atoms with Gasteiger partial charge in [0, 0.05) is 11.9 Å². The van der Waals surface area contributed by atoms with E-state index in [-0.39, 0.29) is 22.7 Å². The highest BCUT2D eigenvalue weighted by Gasteiger charge is 2.32. The molecule has 88 valence electrons. The molecule has 0 radical (unpaired) electrons. The number of para-hydroxylation sites is 1. The van der Waals surface area contributed by atoms with Crippen molar-refractivity contribution in [2.24, 2.45) is 0 Å². The molecule has 0 spiro atoms. The van der Waals surface area contributed by atoms with Gasteiger partial charge in [-0.25, -0.2) is 9.10 Å². The molecule has 0 bridgehead atoms. The topological polar surface area (TPSA) is 40.5 Å². The number of nitrogens with zero attached hydrogens (tertiary/aromatic N) is 1. The Balaban J connectivity index is 3.04. The number of carbonyl (C=O) groups is 1. The maximum absolute atomic E-state index is 13.0. The highest BCUT2D eigenvalue weighted by molar-refractivity contribution is 8.04. The van der Waals surface area contributed by atoms with E-state index in [4.69, 9.17) is 39.9 Å². The van der Waals surface area contributed by atoms with Gasteiger partial charge >= 0.3 is 10.0 Å². The van der Waals surface area contributed by atoms with Crippen molar-refractivity contribution in [2.75, 3.05) is 4.31 Å². The Morgan fingerprint density at radius 3 is 2.44 bits per heavy atom. The Bertz CT molecular complexity index is 399.